The third-order valence-corrected chi connectivity index (χ3v) is 3.54. The summed E-state index contributed by atoms with van der Waals surface area (Å²) in [4.78, 5) is 24.5. The van der Waals surface area contributed by atoms with Crippen LogP contribution in [0.5, 0.6) is 11.5 Å². The van der Waals surface area contributed by atoms with Crippen molar-refractivity contribution >= 4 is 17.5 Å². The predicted octanol–water partition coefficient (Wildman–Crippen LogP) is 4.08. The van der Waals surface area contributed by atoms with E-state index in [1.54, 1.807) is 0 Å². The molecule has 0 fully saturated rings. The van der Waals surface area contributed by atoms with Gasteiger partial charge in [-0.15, -0.1) is 0 Å². The van der Waals surface area contributed by atoms with Gasteiger partial charge < -0.3 is 20.1 Å². The molecule has 0 saturated carbocycles. The molecule has 28 heavy (non-hydrogen) atoms. The van der Waals surface area contributed by atoms with Crippen LogP contribution in [0.15, 0.2) is 42.5 Å². The van der Waals surface area contributed by atoms with Gasteiger partial charge in [0.15, 0.2) is 11.5 Å². The molecule has 6 nitrogen and oxygen atoms in total. The standard InChI is InChI=1S/C20H22F2N2O4/c1-20(2,3)24-18(26)13-7-5-12(6-8-13)17(25)23-14-9-10-15(27-4)16(11-14)28-19(21)22/h5-11,19H,1-4H3,(H,23,25)(H,24,26). The Morgan fingerprint density at radius 2 is 1.50 bits per heavy atom. The minimum atomic E-state index is -3.02. The average molecular weight is 392 g/mol. The Balaban J connectivity index is 2.11. The molecule has 0 spiro atoms. The lowest BCUT2D eigenvalue weighted by atomic mass is 10.1. The largest absolute Gasteiger partial charge is 0.493 e. The van der Waals surface area contributed by atoms with Crippen molar-refractivity contribution in [2.45, 2.75) is 32.9 Å². The summed E-state index contributed by atoms with van der Waals surface area (Å²) in [5.74, 6) is -0.781. The van der Waals surface area contributed by atoms with Crippen molar-refractivity contribution < 1.29 is 27.8 Å². The molecule has 8 heteroatoms. The van der Waals surface area contributed by atoms with Gasteiger partial charge >= 0.3 is 6.61 Å². The van der Waals surface area contributed by atoms with Gasteiger partial charge in [0.05, 0.1) is 7.11 Å². The first-order chi connectivity index (χ1) is 13.1. The van der Waals surface area contributed by atoms with E-state index in [1.807, 2.05) is 20.8 Å². The number of amides is 2. The van der Waals surface area contributed by atoms with Gasteiger partial charge in [0.2, 0.25) is 0 Å². The van der Waals surface area contributed by atoms with E-state index >= 15 is 0 Å². The second kappa shape index (κ2) is 8.69. The maximum absolute atomic E-state index is 12.5. The summed E-state index contributed by atoms with van der Waals surface area (Å²) in [7, 11) is 1.32. The van der Waals surface area contributed by atoms with Crippen molar-refractivity contribution in [2.75, 3.05) is 12.4 Å². The van der Waals surface area contributed by atoms with Crippen LogP contribution in [0.4, 0.5) is 14.5 Å². The van der Waals surface area contributed by atoms with Crippen LogP contribution in [0.1, 0.15) is 41.5 Å². The highest BCUT2D eigenvalue weighted by molar-refractivity contribution is 6.05. The zero-order valence-electron chi connectivity index (χ0n) is 16.0. The Bertz CT molecular complexity index is 846. The van der Waals surface area contributed by atoms with Crippen LogP contribution in [0.25, 0.3) is 0 Å². The highest BCUT2D eigenvalue weighted by atomic mass is 19.3. The summed E-state index contributed by atoms with van der Waals surface area (Å²) in [6, 6.07) is 10.2. The minimum Gasteiger partial charge on any atom is -0.493 e. The highest BCUT2D eigenvalue weighted by Crippen LogP contribution is 2.31. The molecule has 150 valence electrons. The van der Waals surface area contributed by atoms with Crippen LogP contribution in [0.2, 0.25) is 0 Å². The number of carbonyl (C=O) groups excluding carboxylic acids is 2. The molecule has 2 N–H and O–H groups in total. The van der Waals surface area contributed by atoms with E-state index in [0.717, 1.165) is 0 Å². The van der Waals surface area contributed by atoms with Gasteiger partial charge in [-0.1, -0.05) is 0 Å². The van der Waals surface area contributed by atoms with Gasteiger partial charge in [0.1, 0.15) is 0 Å². The van der Waals surface area contributed by atoms with Gasteiger partial charge in [-0.3, -0.25) is 9.59 Å². The van der Waals surface area contributed by atoms with Crippen molar-refractivity contribution in [1.82, 2.24) is 5.32 Å². The molecule has 2 aromatic carbocycles. The monoisotopic (exact) mass is 392 g/mol. The Hall–Kier alpha value is -3.16. The van der Waals surface area contributed by atoms with E-state index in [-0.39, 0.29) is 28.6 Å². The van der Waals surface area contributed by atoms with Crippen LogP contribution in [0.3, 0.4) is 0 Å². The van der Waals surface area contributed by atoms with Gasteiger partial charge in [-0.05, 0) is 57.2 Å². The van der Waals surface area contributed by atoms with E-state index < -0.39 is 12.5 Å². The number of ether oxygens (including phenoxy) is 2. The number of methoxy groups -OCH3 is 1. The molecular formula is C20H22F2N2O4. The third-order valence-electron chi connectivity index (χ3n) is 3.54. The second-order valence-electron chi connectivity index (χ2n) is 6.98. The zero-order chi connectivity index (χ0) is 20.9. The Labute approximate surface area is 161 Å². The molecular weight excluding hydrogens is 370 g/mol. The molecule has 0 atom stereocenters. The Morgan fingerprint density at radius 3 is 2.00 bits per heavy atom. The fourth-order valence-electron chi connectivity index (χ4n) is 2.33. The molecule has 0 saturated heterocycles. The lowest BCUT2D eigenvalue weighted by Gasteiger charge is -2.20. The summed E-state index contributed by atoms with van der Waals surface area (Å²) in [5.41, 5.74) is 0.610. The third kappa shape index (κ3) is 5.94. The summed E-state index contributed by atoms with van der Waals surface area (Å²) in [6.45, 7) is 2.58. The first-order valence-electron chi connectivity index (χ1n) is 8.46. The topological polar surface area (TPSA) is 76.7 Å². The van der Waals surface area contributed by atoms with Gasteiger partial charge in [-0.25, -0.2) is 0 Å². The second-order valence-corrected chi connectivity index (χ2v) is 6.98. The Morgan fingerprint density at radius 1 is 0.929 bits per heavy atom. The molecule has 2 amide bonds. The lowest BCUT2D eigenvalue weighted by Crippen LogP contribution is -2.40. The van der Waals surface area contributed by atoms with Crippen LogP contribution < -0.4 is 20.1 Å². The maximum atomic E-state index is 12.5. The summed E-state index contributed by atoms with van der Waals surface area (Å²) in [5, 5.41) is 5.42. The van der Waals surface area contributed by atoms with Crippen molar-refractivity contribution in [1.29, 1.82) is 0 Å². The van der Waals surface area contributed by atoms with E-state index in [1.165, 1.54) is 49.6 Å². The van der Waals surface area contributed by atoms with Gasteiger partial charge in [-0.2, -0.15) is 8.78 Å². The van der Waals surface area contributed by atoms with Crippen molar-refractivity contribution in [3.63, 3.8) is 0 Å². The number of rotatable bonds is 6. The summed E-state index contributed by atoms with van der Waals surface area (Å²) in [6.07, 6.45) is 0. The predicted molar refractivity (Wildman–Crippen MR) is 101 cm³/mol. The molecule has 0 unspecified atom stereocenters. The highest BCUT2D eigenvalue weighted by Gasteiger charge is 2.16. The number of benzene rings is 2. The quantitative estimate of drug-likeness (QED) is 0.777. The van der Waals surface area contributed by atoms with Crippen LogP contribution in [-0.4, -0.2) is 31.1 Å². The number of hydrogen-bond acceptors (Lipinski definition) is 4. The van der Waals surface area contributed by atoms with Gasteiger partial charge in [0.25, 0.3) is 11.8 Å². The number of nitrogens with one attached hydrogen (secondary N) is 2. The van der Waals surface area contributed by atoms with E-state index in [4.69, 9.17) is 4.74 Å². The van der Waals surface area contributed by atoms with Crippen LogP contribution >= 0.6 is 0 Å². The number of anilines is 1. The van der Waals surface area contributed by atoms with Gasteiger partial charge in [0, 0.05) is 28.4 Å². The van der Waals surface area contributed by atoms with Crippen molar-refractivity contribution in [3.05, 3.63) is 53.6 Å². The molecule has 0 aliphatic rings. The number of hydrogen-bond donors (Lipinski definition) is 2. The molecule has 0 aliphatic heterocycles. The normalized spacial score (nSPS) is 11.1. The van der Waals surface area contributed by atoms with Crippen molar-refractivity contribution in [2.24, 2.45) is 0 Å². The zero-order valence-corrected chi connectivity index (χ0v) is 16.0. The smallest absolute Gasteiger partial charge is 0.387 e. The van der Waals surface area contributed by atoms with Crippen LogP contribution in [-0.2, 0) is 0 Å². The molecule has 0 radical (unpaired) electrons. The van der Waals surface area contributed by atoms with Crippen LogP contribution in [0, 0.1) is 0 Å². The molecule has 0 heterocycles. The number of alkyl halides is 2. The molecule has 2 rings (SSSR count). The first-order valence-corrected chi connectivity index (χ1v) is 8.46. The number of carbonyl (C=O) groups is 2. The fourth-order valence-corrected chi connectivity index (χ4v) is 2.33. The summed E-state index contributed by atoms with van der Waals surface area (Å²) < 4.78 is 34.4. The summed E-state index contributed by atoms with van der Waals surface area (Å²) >= 11 is 0. The first kappa shape index (κ1) is 21.1. The van der Waals surface area contributed by atoms with E-state index in [2.05, 4.69) is 15.4 Å². The molecule has 0 bridgehead atoms. The van der Waals surface area contributed by atoms with E-state index in [9.17, 15) is 18.4 Å². The average Bonchev–Trinajstić information content (AvgIpc) is 2.60. The van der Waals surface area contributed by atoms with Crippen molar-refractivity contribution in [3.8, 4) is 11.5 Å². The lowest BCUT2D eigenvalue weighted by molar-refractivity contribution is -0.0511. The maximum Gasteiger partial charge on any atom is 0.387 e. The molecule has 2 aromatic rings. The Kier molecular flexibility index (Phi) is 6.56. The van der Waals surface area contributed by atoms with E-state index in [0.29, 0.717) is 11.1 Å². The molecule has 0 aliphatic carbocycles. The number of halogens is 2. The fraction of sp³-hybridized carbons (Fsp3) is 0.300. The molecule has 0 aromatic heterocycles. The SMILES string of the molecule is COc1ccc(NC(=O)c2ccc(C(=O)NC(C)(C)C)cc2)cc1OC(F)F. The minimum absolute atomic E-state index is 0.118.